The number of piperidine rings is 1. The van der Waals surface area contributed by atoms with Crippen LogP contribution in [0.2, 0.25) is 0 Å². The molecule has 29 heavy (non-hydrogen) atoms. The Kier molecular flexibility index (Phi) is 6.35. The van der Waals surface area contributed by atoms with Gasteiger partial charge in [-0.25, -0.2) is 0 Å². The Morgan fingerprint density at radius 3 is 2.62 bits per heavy atom. The van der Waals surface area contributed by atoms with Crippen molar-refractivity contribution in [2.75, 3.05) is 26.2 Å². The highest BCUT2D eigenvalue weighted by Crippen LogP contribution is 2.19. The van der Waals surface area contributed by atoms with Gasteiger partial charge in [-0.2, -0.15) is 0 Å². The van der Waals surface area contributed by atoms with Crippen LogP contribution in [-0.2, 0) is 6.42 Å². The predicted molar refractivity (Wildman–Crippen MR) is 120 cm³/mol. The maximum absolute atomic E-state index is 6.12. The molecule has 2 aromatic carbocycles. The molecule has 0 saturated carbocycles. The summed E-state index contributed by atoms with van der Waals surface area (Å²) >= 11 is 0. The number of hydrogen-bond donors (Lipinski definition) is 2. The molecule has 0 radical (unpaired) electrons. The molecule has 0 spiro atoms. The first-order valence-corrected chi connectivity index (χ1v) is 10.6. The number of nitrogens with zero attached hydrogens (tertiary/aromatic N) is 2. The summed E-state index contributed by atoms with van der Waals surface area (Å²) in [5.74, 6) is 1.98. The van der Waals surface area contributed by atoms with Crippen molar-refractivity contribution in [3.05, 3.63) is 66.4 Å². The normalized spacial score (nSPS) is 15.6. The van der Waals surface area contributed by atoms with Gasteiger partial charge in [-0.3, -0.25) is 4.99 Å². The highest BCUT2D eigenvalue weighted by Gasteiger charge is 2.22. The van der Waals surface area contributed by atoms with E-state index in [-0.39, 0.29) is 6.10 Å². The second-order valence-corrected chi connectivity index (χ2v) is 7.48. The van der Waals surface area contributed by atoms with Crippen LogP contribution in [0.1, 0.15) is 25.5 Å². The number of aromatic nitrogens is 1. The molecule has 5 heteroatoms. The summed E-state index contributed by atoms with van der Waals surface area (Å²) in [6.45, 7) is 5.71. The van der Waals surface area contributed by atoms with E-state index in [4.69, 9.17) is 9.73 Å². The van der Waals surface area contributed by atoms with E-state index in [0.717, 1.165) is 57.2 Å². The third-order valence-electron chi connectivity index (χ3n) is 5.35. The van der Waals surface area contributed by atoms with E-state index in [1.165, 1.54) is 16.6 Å². The zero-order chi connectivity index (χ0) is 19.9. The number of fused-ring (bicyclic) bond motifs is 1. The molecule has 1 saturated heterocycles. The van der Waals surface area contributed by atoms with Gasteiger partial charge in [0.1, 0.15) is 11.9 Å². The number of H-pyrrole nitrogens is 1. The van der Waals surface area contributed by atoms with E-state index in [1.54, 1.807) is 0 Å². The van der Waals surface area contributed by atoms with Crippen LogP contribution in [0.4, 0.5) is 0 Å². The number of hydrogen-bond acceptors (Lipinski definition) is 2. The minimum Gasteiger partial charge on any atom is -0.490 e. The molecular formula is C24H30N4O. The first kappa shape index (κ1) is 19.4. The second kappa shape index (κ2) is 9.50. The Bertz CT molecular complexity index is 893. The van der Waals surface area contributed by atoms with E-state index in [2.05, 4.69) is 52.5 Å². The van der Waals surface area contributed by atoms with Crippen molar-refractivity contribution < 1.29 is 4.74 Å². The fraction of sp³-hybridized carbons (Fsp3) is 0.375. The molecule has 0 amide bonds. The van der Waals surface area contributed by atoms with E-state index in [9.17, 15) is 0 Å². The van der Waals surface area contributed by atoms with Crippen molar-refractivity contribution in [2.24, 2.45) is 4.99 Å². The first-order valence-electron chi connectivity index (χ1n) is 10.6. The summed E-state index contributed by atoms with van der Waals surface area (Å²) in [5, 5.41) is 4.72. The van der Waals surface area contributed by atoms with Crippen LogP contribution in [0.25, 0.3) is 10.9 Å². The zero-order valence-electron chi connectivity index (χ0n) is 17.1. The smallest absolute Gasteiger partial charge is 0.193 e. The molecular weight excluding hydrogens is 360 g/mol. The Morgan fingerprint density at radius 2 is 1.86 bits per heavy atom. The summed E-state index contributed by atoms with van der Waals surface area (Å²) in [5.41, 5.74) is 2.43. The minimum absolute atomic E-state index is 0.280. The van der Waals surface area contributed by atoms with Crippen LogP contribution in [-0.4, -0.2) is 48.1 Å². The van der Waals surface area contributed by atoms with Gasteiger partial charge >= 0.3 is 0 Å². The molecule has 1 aromatic heterocycles. The van der Waals surface area contributed by atoms with Gasteiger partial charge in [0.2, 0.25) is 0 Å². The van der Waals surface area contributed by atoms with Gasteiger partial charge in [0.25, 0.3) is 0 Å². The van der Waals surface area contributed by atoms with Gasteiger partial charge in [0.15, 0.2) is 5.96 Å². The Labute approximate surface area is 172 Å². The van der Waals surface area contributed by atoms with Gasteiger partial charge in [0.05, 0.1) is 0 Å². The molecule has 0 atom stereocenters. The molecule has 0 bridgehead atoms. The molecule has 0 aliphatic carbocycles. The van der Waals surface area contributed by atoms with Crippen LogP contribution in [0.3, 0.4) is 0 Å². The SMILES string of the molecule is CCNC(=NCCc1cc2ccccc2[nH]1)N1CCC(Oc2ccccc2)CC1. The lowest BCUT2D eigenvalue weighted by molar-refractivity contribution is 0.129. The molecule has 2 heterocycles. The second-order valence-electron chi connectivity index (χ2n) is 7.48. The highest BCUT2D eigenvalue weighted by molar-refractivity contribution is 5.81. The Balaban J connectivity index is 1.31. The largest absolute Gasteiger partial charge is 0.490 e. The Morgan fingerprint density at radius 1 is 1.10 bits per heavy atom. The average molecular weight is 391 g/mol. The molecule has 1 fully saturated rings. The van der Waals surface area contributed by atoms with E-state index >= 15 is 0 Å². The predicted octanol–water partition coefficient (Wildman–Crippen LogP) is 4.22. The van der Waals surface area contributed by atoms with Crippen LogP contribution in [0, 0.1) is 0 Å². The highest BCUT2D eigenvalue weighted by atomic mass is 16.5. The van der Waals surface area contributed by atoms with Crippen molar-refractivity contribution in [1.82, 2.24) is 15.2 Å². The van der Waals surface area contributed by atoms with Crippen LogP contribution >= 0.6 is 0 Å². The van der Waals surface area contributed by atoms with Gasteiger partial charge in [0, 0.05) is 56.7 Å². The number of nitrogens with one attached hydrogen (secondary N) is 2. The third-order valence-corrected chi connectivity index (χ3v) is 5.35. The fourth-order valence-corrected chi connectivity index (χ4v) is 3.85. The fourth-order valence-electron chi connectivity index (χ4n) is 3.85. The van der Waals surface area contributed by atoms with Crippen molar-refractivity contribution in [2.45, 2.75) is 32.3 Å². The number of para-hydroxylation sites is 2. The number of rotatable bonds is 6. The number of likely N-dealkylation sites (tertiary alicyclic amines) is 1. The van der Waals surface area contributed by atoms with E-state index in [0.29, 0.717) is 0 Å². The molecule has 152 valence electrons. The molecule has 1 aliphatic rings. The van der Waals surface area contributed by atoms with Crippen molar-refractivity contribution in [1.29, 1.82) is 0 Å². The third kappa shape index (κ3) is 5.11. The van der Waals surface area contributed by atoms with Crippen LogP contribution < -0.4 is 10.1 Å². The van der Waals surface area contributed by atoms with Gasteiger partial charge in [-0.15, -0.1) is 0 Å². The maximum Gasteiger partial charge on any atom is 0.193 e. The summed E-state index contributed by atoms with van der Waals surface area (Å²) in [4.78, 5) is 10.7. The topological polar surface area (TPSA) is 52.7 Å². The lowest BCUT2D eigenvalue weighted by atomic mass is 10.1. The van der Waals surface area contributed by atoms with E-state index in [1.807, 2.05) is 30.3 Å². The van der Waals surface area contributed by atoms with Gasteiger partial charge in [-0.1, -0.05) is 36.4 Å². The monoisotopic (exact) mass is 390 g/mol. The quantitative estimate of drug-likeness (QED) is 0.489. The standard InChI is InChI=1S/C24H30N4O/c1-2-25-24(26-15-12-20-18-19-8-6-7-11-23(19)27-20)28-16-13-22(14-17-28)29-21-9-4-3-5-10-21/h3-11,18,22,27H,2,12-17H2,1H3,(H,25,26). The van der Waals surface area contributed by atoms with Crippen LogP contribution in [0.15, 0.2) is 65.7 Å². The summed E-state index contributed by atoms with van der Waals surface area (Å²) < 4.78 is 6.12. The van der Waals surface area contributed by atoms with Gasteiger partial charge < -0.3 is 19.9 Å². The summed E-state index contributed by atoms with van der Waals surface area (Å²) in [6.07, 6.45) is 3.22. The number of aromatic amines is 1. The van der Waals surface area contributed by atoms with Crippen LogP contribution in [0.5, 0.6) is 5.75 Å². The lowest BCUT2D eigenvalue weighted by Gasteiger charge is -2.34. The van der Waals surface area contributed by atoms with Crippen molar-refractivity contribution >= 4 is 16.9 Å². The number of benzene rings is 2. The van der Waals surface area contributed by atoms with Crippen molar-refractivity contribution in [3.8, 4) is 5.75 Å². The molecule has 0 unspecified atom stereocenters. The lowest BCUT2D eigenvalue weighted by Crippen LogP contribution is -2.47. The minimum atomic E-state index is 0.280. The molecule has 3 aromatic rings. The van der Waals surface area contributed by atoms with E-state index < -0.39 is 0 Å². The first-order chi connectivity index (χ1) is 14.3. The maximum atomic E-state index is 6.12. The molecule has 5 nitrogen and oxygen atoms in total. The molecule has 2 N–H and O–H groups in total. The molecule has 1 aliphatic heterocycles. The Hall–Kier alpha value is -2.95. The average Bonchev–Trinajstić information content (AvgIpc) is 3.17. The zero-order valence-corrected chi connectivity index (χ0v) is 17.1. The van der Waals surface area contributed by atoms with Gasteiger partial charge in [-0.05, 0) is 36.6 Å². The number of ether oxygens (including phenoxy) is 1. The summed E-state index contributed by atoms with van der Waals surface area (Å²) in [6, 6.07) is 20.7. The summed E-state index contributed by atoms with van der Waals surface area (Å²) in [7, 11) is 0. The van der Waals surface area contributed by atoms with Crippen molar-refractivity contribution in [3.63, 3.8) is 0 Å². The molecule has 4 rings (SSSR count). The number of guanidine groups is 1. The number of aliphatic imine (C=N–C) groups is 1.